The molecule has 166 valence electrons. The molecule has 3 aliphatic carbocycles. The van der Waals surface area contributed by atoms with E-state index in [4.69, 9.17) is 22.3 Å². The third-order valence-corrected chi connectivity index (χ3v) is 10.9. The zero-order valence-corrected chi connectivity index (χ0v) is 19.6. The number of aromatic nitrogens is 2. The molecule has 32 heavy (non-hydrogen) atoms. The maximum atomic E-state index is 13.0. The molecule has 3 saturated carbocycles. The van der Waals surface area contributed by atoms with Crippen LogP contribution in [0.25, 0.3) is 10.2 Å². The molecule has 1 spiro atoms. The summed E-state index contributed by atoms with van der Waals surface area (Å²) in [4.78, 5) is 21.1. The fourth-order valence-electron chi connectivity index (χ4n) is 5.60. The van der Waals surface area contributed by atoms with Gasteiger partial charge in [-0.05, 0) is 74.1 Å². The predicted octanol–water partition coefficient (Wildman–Crippen LogP) is 4.82. The first-order chi connectivity index (χ1) is 15.3. The summed E-state index contributed by atoms with van der Waals surface area (Å²) in [5.74, 6) is -0.161. The van der Waals surface area contributed by atoms with Crippen molar-refractivity contribution in [3.05, 3.63) is 51.6 Å². The number of primary amides is 1. The lowest BCUT2D eigenvalue weighted by molar-refractivity contribution is -0.0123. The first-order valence-electron chi connectivity index (χ1n) is 10.8. The van der Waals surface area contributed by atoms with E-state index in [0.717, 1.165) is 40.9 Å². The molecule has 2 aromatic heterocycles. The number of pyridine rings is 1. The molecule has 9 heteroatoms. The number of halogens is 1. The number of nitrogens with two attached hydrogens (primary N) is 1. The Bertz CT molecular complexity index is 1370. The predicted molar refractivity (Wildman–Crippen MR) is 124 cm³/mol. The molecule has 3 aromatic rings. The van der Waals surface area contributed by atoms with Gasteiger partial charge in [-0.25, -0.2) is 18.4 Å². The highest BCUT2D eigenvalue weighted by Gasteiger charge is 2.55. The molecule has 0 aliphatic heterocycles. The fraction of sp³-hybridized carbons (Fsp3) is 0.435. The summed E-state index contributed by atoms with van der Waals surface area (Å²) in [7, 11) is -3.51. The van der Waals surface area contributed by atoms with Gasteiger partial charge in [-0.15, -0.1) is 11.3 Å². The van der Waals surface area contributed by atoms with Crippen LogP contribution < -0.4 is 5.73 Å². The average Bonchev–Trinajstić information content (AvgIpc) is 3.47. The summed E-state index contributed by atoms with van der Waals surface area (Å²) in [6, 6.07) is 7.37. The number of carbonyl (C=O) groups is 1. The number of sulfone groups is 1. The van der Waals surface area contributed by atoms with Gasteiger partial charge in [0.2, 0.25) is 5.91 Å². The number of nitrogens with zero attached hydrogens (tertiary/aromatic N) is 2. The Labute approximate surface area is 195 Å². The first-order valence-corrected chi connectivity index (χ1v) is 13.6. The second-order valence-corrected chi connectivity index (χ2v) is 13.2. The van der Waals surface area contributed by atoms with Crippen LogP contribution in [0.4, 0.5) is 0 Å². The van der Waals surface area contributed by atoms with Gasteiger partial charge in [0, 0.05) is 28.3 Å². The van der Waals surface area contributed by atoms with E-state index in [1.54, 1.807) is 17.4 Å². The maximum absolute atomic E-state index is 13.0. The van der Waals surface area contributed by atoms with E-state index in [1.165, 1.54) is 6.20 Å². The van der Waals surface area contributed by atoms with Crippen LogP contribution in [-0.4, -0.2) is 29.5 Å². The molecule has 6 rings (SSSR count). The van der Waals surface area contributed by atoms with Crippen LogP contribution in [0.2, 0.25) is 5.02 Å². The van der Waals surface area contributed by atoms with Gasteiger partial charge < -0.3 is 5.73 Å². The van der Waals surface area contributed by atoms with E-state index in [2.05, 4.69) is 4.98 Å². The fourth-order valence-corrected chi connectivity index (χ4v) is 8.68. The van der Waals surface area contributed by atoms with E-state index in [0.29, 0.717) is 34.9 Å². The standard InChI is InChI=1S/C23H22ClN3O3S2/c24-14-1-4-18-17(7-14)27-21(31-18)13-10-23(11-13)8-12(9-23)19-16(20(25)28)5-6-26-22(19)32(29,30)15-2-3-15/h1,4-7,12-13,15H,2-3,8-11H2,(H2,25,28). The Morgan fingerprint density at radius 1 is 1.12 bits per heavy atom. The van der Waals surface area contributed by atoms with E-state index < -0.39 is 15.7 Å². The van der Waals surface area contributed by atoms with Crippen molar-refractivity contribution in [3.63, 3.8) is 0 Å². The number of carbonyl (C=O) groups excluding carboxylic acids is 1. The second-order valence-electron chi connectivity index (χ2n) is 9.56. The lowest BCUT2D eigenvalue weighted by Crippen LogP contribution is -2.46. The summed E-state index contributed by atoms with van der Waals surface area (Å²) >= 11 is 7.82. The molecule has 0 saturated heterocycles. The van der Waals surface area contributed by atoms with E-state index >= 15 is 0 Å². The molecule has 0 bridgehead atoms. The van der Waals surface area contributed by atoms with Crippen LogP contribution in [0.1, 0.15) is 71.3 Å². The van der Waals surface area contributed by atoms with Gasteiger partial charge in [-0.2, -0.15) is 0 Å². The number of amides is 1. The Hall–Kier alpha value is -2.03. The lowest BCUT2D eigenvalue weighted by Gasteiger charge is -2.58. The summed E-state index contributed by atoms with van der Waals surface area (Å²) in [5.41, 5.74) is 7.61. The van der Waals surface area contributed by atoms with Crippen molar-refractivity contribution in [1.29, 1.82) is 0 Å². The molecule has 0 atom stereocenters. The number of rotatable bonds is 5. The highest BCUT2D eigenvalue weighted by atomic mass is 35.5. The highest BCUT2D eigenvalue weighted by Crippen LogP contribution is 2.67. The van der Waals surface area contributed by atoms with Gasteiger partial charge >= 0.3 is 0 Å². The van der Waals surface area contributed by atoms with Crippen molar-refractivity contribution < 1.29 is 13.2 Å². The Kier molecular flexibility index (Phi) is 4.49. The Morgan fingerprint density at radius 2 is 1.84 bits per heavy atom. The number of hydrogen-bond donors (Lipinski definition) is 1. The summed E-state index contributed by atoms with van der Waals surface area (Å²) in [6.45, 7) is 0. The van der Waals surface area contributed by atoms with Gasteiger partial charge in [-0.3, -0.25) is 4.79 Å². The van der Waals surface area contributed by atoms with Crippen molar-refractivity contribution in [1.82, 2.24) is 9.97 Å². The van der Waals surface area contributed by atoms with Crippen LogP contribution >= 0.6 is 22.9 Å². The van der Waals surface area contributed by atoms with Crippen LogP contribution in [0.15, 0.2) is 35.5 Å². The molecule has 6 nitrogen and oxygen atoms in total. The van der Waals surface area contributed by atoms with Crippen molar-refractivity contribution in [2.75, 3.05) is 0 Å². The van der Waals surface area contributed by atoms with Crippen LogP contribution in [0.3, 0.4) is 0 Å². The molecule has 2 heterocycles. The molecule has 1 aromatic carbocycles. The van der Waals surface area contributed by atoms with Crippen LogP contribution in [-0.2, 0) is 9.84 Å². The number of benzene rings is 1. The van der Waals surface area contributed by atoms with Crippen molar-refractivity contribution in [2.24, 2.45) is 11.1 Å². The lowest BCUT2D eigenvalue weighted by atomic mass is 9.47. The van der Waals surface area contributed by atoms with Gasteiger partial charge in [0.15, 0.2) is 14.9 Å². The minimum atomic E-state index is -3.51. The molecule has 2 N–H and O–H groups in total. The Balaban J connectivity index is 1.23. The number of fused-ring (bicyclic) bond motifs is 1. The Morgan fingerprint density at radius 3 is 2.53 bits per heavy atom. The summed E-state index contributed by atoms with van der Waals surface area (Å²) < 4.78 is 27.1. The maximum Gasteiger partial charge on any atom is 0.249 e. The zero-order chi connectivity index (χ0) is 22.3. The van der Waals surface area contributed by atoms with Crippen molar-refractivity contribution in [2.45, 2.75) is 60.6 Å². The number of thiazole rings is 1. The molecule has 3 fully saturated rings. The monoisotopic (exact) mass is 487 g/mol. The SMILES string of the molecule is NC(=O)c1ccnc(S(=O)(=O)C2CC2)c1C1CC2(CC(c3nc4cc(Cl)ccc4s3)C2)C1. The smallest absolute Gasteiger partial charge is 0.249 e. The van der Waals surface area contributed by atoms with Crippen LogP contribution in [0.5, 0.6) is 0 Å². The molecule has 1 amide bonds. The summed E-state index contributed by atoms with van der Waals surface area (Å²) in [6.07, 6.45) is 6.51. The van der Waals surface area contributed by atoms with Crippen molar-refractivity contribution >= 4 is 48.9 Å². The van der Waals surface area contributed by atoms with Crippen molar-refractivity contribution in [3.8, 4) is 0 Å². The second kappa shape index (κ2) is 6.98. The van der Waals surface area contributed by atoms with Gasteiger partial charge in [0.05, 0.1) is 20.5 Å². The molecule has 0 radical (unpaired) electrons. The quantitative estimate of drug-likeness (QED) is 0.555. The minimum absolute atomic E-state index is 0.00449. The van der Waals surface area contributed by atoms with Crippen LogP contribution in [0, 0.1) is 5.41 Å². The normalized spacial score (nSPS) is 27.3. The molecule has 3 aliphatic rings. The molecular weight excluding hydrogens is 466 g/mol. The molecule has 0 unspecified atom stereocenters. The van der Waals surface area contributed by atoms with E-state index in [-0.39, 0.29) is 21.6 Å². The third-order valence-electron chi connectivity index (χ3n) is 7.29. The van der Waals surface area contributed by atoms with Gasteiger partial charge in [0.1, 0.15) is 0 Å². The first kappa shape index (κ1) is 20.6. The zero-order valence-electron chi connectivity index (χ0n) is 17.3. The summed E-state index contributed by atoms with van der Waals surface area (Å²) in [5, 5.41) is 1.55. The number of hydrogen-bond acceptors (Lipinski definition) is 6. The molecular formula is C23H22ClN3O3S2. The van der Waals surface area contributed by atoms with Gasteiger partial charge in [0.25, 0.3) is 0 Å². The van der Waals surface area contributed by atoms with E-state index in [9.17, 15) is 13.2 Å². The topological polar surface area (TPSA) is 103 Å². The third kappa shape index (κ3) is 3.18. The largest absolute Gasteiger partial charge is 0.366 e. The minimum Gasteiger partial charge on any atom is -0.366 e. The van der Waals surface area contributed by atoms with Gasteiger partial charge in [-0.1, -0.05) is 11.6 Å². The highest BCUT2D eigenvalue weighted by molar-refractivity contribution is 7.92. The average molecular weight is 488 g/mol. The van der Waals surface area contributed by atoms with E-state index in [1.807, 2.05) is 18.2 Å².